The van der Waals surface area contributed by atoms with E-state index >= 15 is 0 Å². The molecule has 2 N–H and O–H groups in total. The molecular weight excluding hydrogens is 320 g/mol. The minimum atomic E-state index is -0.949. The third kappa shape index (κ3) is 6.53. The van der Waals surface area contributed by atoms with E-state index in [0.29, 0.717) is 18.7 Å². The molecule has 1 saturated heterocycles. The third-order valence-electron chi connectivity index (χ3n) is 4.32. The van der Waals surface area contributed by atoms with Crippen molar-refractivity contribution in [1.29, 1.82) is 5.26 Å². The molecule has 1 heterocycles. The molecule has 1 atom stereocenters. The van der Waals surface area contributed by atoms with Crippen LogP contribution in [-0.2, 0) is 9.59 Å². The average Bonchev–Trinajstić information content (AvgIpc) is 2.61. The second-order valence-corrected chi connectivity index (χ2v) is 6.20. The predicted molar refractivity (Wildman–Crippen MR) is 93.9 cm³/mol. The van der Waals surface area contributed by atoms with Crippen LogP contribution < -0.4 is 5.32 Å². The first-order valence-corrected chi connectivity index (χ1v) is 8.48. The van der Waals surface area contributed by atoms with Gasteiger partial charge in [0.1, 0.15) is 0 Å². The van der Waals surface area contributed by atoms with E-state index in [2.05, 4.69) is 21.2 Å². The van der Waals surface area contributed by atoms with Crippen molar-refractivity contribution in [2.75, 3.05) is 44.6 Å². The number of aliphatic carboxylic acids is 1. The lowest BCUT2D eigenvalue weighted by Gasteiger charge is -2.35. The maximum atomic E-state index is 12.1. The monoisotopic (exact) mass is 344 g/mol. The van der Waals surface area contributed by atoms with Gasteiger partial charge in [-0.25, -0.2) is 0 Å². The Morgan fingerprint density at radius 1 is 1.16 bits per heavy atom. The van der Waals surface area contributed by atoms with Gasteiger partial charge in [-0.2, -0.15) is 5.26 Å². The molecule has 7 nitrogen and oxygen atoms in total. The lowest BCUT2D eigenvalue weighted by molar-refractivity contribution is -0.144. The summed E-state index contributed by atoms with van der Waals surface area (Å²) in [6, 6.07) is 11.2. The zero-order valence-corrected chi connectivity index (χ0v) is 14.2. The van der Waals surface area contributed by atoms with Crippen LogP contribution in [0.3, 0.4) is 0 Å². The van der Waals surface area contributed by atoms with Gasteiger partial charge in [0.2, 0.25) is 5.91 Å². The highest BCUT2D eigenvalue weighted by molar-refractivity contribution is 5.93. The van der Waals surface area contributed by atoms with Crippen LogP contribution in [0.5, 0.6) is 0 Å². The Hall–Kier alpha value is -2.43. The highest BCUT2D eigenvalue weighted by Crippen LogP contribution is 2.12. The summed E-state index contributed by atoms with van der Waals surface area (Å²) < 4.78 is 0. The van der Waals surface area contributed by atoms with Gasteiger partial charge >= 0.3 is 5.97 Å². The first-order chi connectivity index (χ1) is 12.1. The fraction of sp³-hybridized carbons (Fsp3) is 0.500. The number of anilines is 1. The molecule has 2 rings (SSSR count). The number of carboxylic acids is 1. The lowest BCUT2D eigenvalue weighted by atomic mass is 10.0. The minimum absolute atomic E-state index is 0.0428. The first kappa shape index (κ1) is 18.9. The molecule has 1 amide bonds. The van der Waals surface area contributed by atoms with Crippen molar-refractivity contribution >= 4 is 17.6 Å². The van der Waals surface area contributed by atoms with Crippen LogP contribution in [0, 0.1) is 17.2 Å². The molecular formula is C18H24N4O3. The fourth-order valence-corrected chi connectivity index (χ4v) is 2.90. The molecule has 0 bridgehead atoms. The van der Waals surface area contributed by atoms with Gasteiger partial charge in [0, 0.05) is 57.8 Å². The van der Waals surface area contributed by atoms with Gasteiger partial charge < -0.3 is 10.4 Å². The van der Waals surface area contributed by atoms with E-state index in [4.69, 9.17) is 5.26 Å². The molecule has 1 aliphatic rings. The van der Waals surface area contributed by atoms with Crippen LogP contribution >= 0.6 is 0 Å². The summed E-state index contributed by atoms with van der Waals surface area (Å²) in [7, 11) is 0. The first-order valence-electron chi connectivity index (χ1n) is 8.48. The van der Waals surface area contributed by atoms with Crippen LogP contribution in [0.15, 0.2) is 30.3 Å². The molecule has 1 aliphatic heterocycles. The summed E-state index contributed by atoms with van der Waals surface area (Å²) in [5.74, 6) is -1.96. The van der Waals surface area contributed by atoms with Gasteiger partial charge in [0.05, 0.1) is 12.0 Å². The number of carboxylic acid groups (broad SMARTS) is 1. The Balaban J connectivity index is 1.80. The van der Waals surface area contributed by atoms with Gasteiger partial charge in [-0.3, -0.25) is 19.4 Å². The molecule has 7 heteroatoms. The van der Waals surface area contributed by atoms with E-state index in [-0.39, 0.29) is 12.3 Å². The van der Waals surface area contributed by atoms with Crippen molar-refractivity contribution in [2.24, 2.45) is 5.92 Å². The van der Waals surface area contributed by atoms with Crippen molar-refractivity contribution in [3.05, 3.63) is 30.3 Å². The maximum absolute atomic E-state index is 12.1. The molecule has 0 spiro atoms. The number of carbonyl (C=O) groups excluding carboxylic acids is 1. The molecule has 1 aromatic carbocycles. The van der Waals surface area contributed by atoms with E-state index in [1.165, 1.54) is 0 Å². The van der Waals surface area contributed by atoms with Crippen LogP contribution in [0.25, 0.3) is 0 Å². The second-order valence-electron chi connectivity index (χ2n) is 6.20. The van der Waals surface area contributed by atoms with Gasteiger partial charge in [0.15, 0.2) is 0 Å². The molecule has 1 aromatic rings. The predicted octanol–water partition coefficient (Wildman–Crippen LogP) is 1.25. The number of nitrogens with zero attached hydrogens (tertiary/aromatic N) is 3. The van der Waals surface area contributed by atoms with Crippen LogP contribution in [0.4, 0.5) is 5.69 Å². The zero-order chi connectivity index (χ0) is 18.1. The van der Waals surface area contributed by atoms with E-state index in [9.17, 15) is 14.7 Å². The Morgan fingerprint density at radius 2 is 1.80 bits per heavy atom. The quantitative estimate of drug-likeness (QED) is 0.737. The van der Waals surface area contributed by atoms with Crippen LogP contribution in [0.1, 0.15) is 12.8 Å². The lowest BCUT2D eigenvalue weighted by Crippen LogP contribution is -2.48. The second kappa shape index (κ2) is 9.77. The van der Waals surface area contributed by atoms with Gasteiger partial charge in [0.25, 0.3) is 0 Å². The summed E-state index contributed by atoms with van der Waals surface area (Å²) in [6.45, 7) is 4.29. The number of para-hydroxylation sites is 1. The molecule has 1 fully saturated rings. The van der Waals surface area contributed by atoms with Crippen molar-refractivity contribution in [3.63, 3.8) is 0 Å². The molecule has 0 saturated carbocycles. The number of hydrogen-bond donors (Lipinski definition) is 2. The van der Waals surface area contributed by atoms with E-state index in [1.807, 2.05) is 18.2 Å². The highest BCUT2D eigenvalue weighted by atomic mass is 16.4. The SMILES string of the molecule is N#CCCN1CCN(CC(CC(=O)Nc2ccccc2)C(=O)O)CC1. The van der Waals surface area contributed by atoms with Gasteiger partial charge in [-0.1, -0.05) is 18.2 Å². The van der Waals surface area contributed by atoms with Crippen LogP contribution in [-0.4, -0.2) is 66.1 Å². The summed E-state index contributed by atoms with van der Waals surface area (Å²) in [4.78, 5) is 27.9. The van der Waals surface area contributed by atoms with Crippen molar-refractivity contribution < 1.29 is 14.7 Å². The summed E-state index contributed by atoms with van der Waals surface area (Å²) in [5, 5.41) is 20.8. The largest absolute Gasteiger partial charge is 0.481 e. The molecule has 0 aromatic heterocycles. The smallest absolute Gasteiger partial charge is 0.308 e. The fourth-order valence-electron chi connectivity index (χ4n) is 2.90. The molecule has 0 aliphatic carbocycles. The highest BCUT2D eigenvalue weighted by Gasteiger charge is 2.26. The Kier molecular flexibility index (Phi) is 7.38. The Bertz CT molecular complexity index is 606. The summed E-state index contributed by atoms with van der Waals surface area (Å²) in [6.07, 6.45) is 0.469. The van der Waals surface area contributed by atoms with E-state index < -0.39 is 11.9 Å². The molecule has 1 unspecified atom stereocenters. The minimum Gasteiger partial charge on any atom is -0.481 e. The van der Waals surface area contributed by atoms with Crippen LogP contribution in [0.2, 0.25) is 0 Å². The maximum Gasteiger partial charge on any atom is 0.308 e. The van der Waals surface area contributed by atoms with Crippen molar-refractivity contribution in [3.8, 4) is 6.07 Å². The van der Waals surface area contributed by atoms with Crippen molar-refractivity contribution in [1.82, 2.24) is 9.80 Å². The Morgan fingerprint density at radius 3 is 2.40 bits per heavy atom. The molecule has 25 heavy (non-hydrogen) atoms. The zero-order valence-electron chi connectivity index (χ0n) is 14.2. The number of carbonyl (C=O) groups is 2. The number of benzene rings is 1. The number of hydrogen-bond acceptors (Lipinski definition) is 5. The summed E-state index contributed by atoms with van der Waals surface area (Å²) >= 11 is 0. The molecule has 0 radical (unpaired) electrons. The topological polar surface area (TPSA) is 96.7 Å². The number of rotatable bonds is 8. The van der Waals surface area contributed by atoms with Crippen molar-refractivity contribution in [2.45, 2.75) is 12.8 Å². The standard InChI is InChI=1S/C18H24N4O3/c19-7-4-8-21-9-11-22(12-10-21)14-15(18(24)25)13-17(23)20-16-5-2-1-3-6-16/h1-3,5-6,15H,4,8-14H2,(H,20,23)(H,24,25). The Labute approximate surface area is 147 Å². The van der Waals surface area contributed by atoms with Gasteiger partial charge in [-0.05, 0) is 12.1 Å². The van der Waals surface area contributed by atoms with E-state index in [0.717, 1.165) is 32.7 Å². The number of nitriles is 1. The number of amides is 1. The number of piperazine rings is 1. The third-order valence-corrected chi connectivity index (χ3v) is 4.32. The number of nitrogens with one attached hydrogen (secondary N) is 1. The molecule has 134 valence electrons. The van der Waals surface area contributed by atoms with E-state index in [1.54, 1.807) is 12.1 Å². The normalized spacial score (nSPS) is 16.8. The average molecular weight is 344 g/mol. The van der Waals surface area contributed by atoms with Gasteiger partial charge in [-0.15, -0.1) is 0 Å². The summed E-state index contributed by atoms with van der Waals surface area (Å²) in [5.41, 5.74) is 0.669.